The van der Waals surface area contributed by atoms with Gasteiger partial charge in [0.25, 0.3) is 11.8 Å². The first-order valence-corrected chi connectivity index (χ1v) is 36.7. The minimum absolute atomic E-state index is 0.000794. The van der Waals surface area contributed by atoms with Gasteiger partial charge < -0.3 is 75.8 Å². The summed E-state index contributed by atoms with van der Waals surface area (Å²) in [5.41, 5.74) is 15.2. The van der Waals surface area contributed by atoms with E-state index in [0.29, 0.717) is 11.1 Å². The number of urea groups is 1. The highest BCUT2D eigenvalue weighted by atomic mass is 32.7. The fourth-order valence-corrected chi connectivity index (χ4v) is 13.7. The van der Waals surface area contributed by atoms with Crippen LogP contribution in [0.5, 0.6) is 0 Å². The Morgan fingerprint density at radius 2 is 1.33 bits per heavy atom. The molecule has 38 nitrogen and oxygen atoms in total. The Labute approximate surface area is 594 Å². The van der Waals surface area contributed by atoms with Gasteiger partial charge in [-0.15, -0.1) is 0 Å². The molecule has 7 aromatic rings. The van der Waals surface area contributed by atoms with Gasteiger partial charge in [0.05, 0.1) is 25.9 Å². The largest absolute Gasteiger partial charge is 0.445 e. The number of imidazole rings is 2. The lowest BCUT2D eigenvalue weighted by molar-refractivity contribution is -0.131. The SMILES string of the molecule is CC(C)[C@H](NC(=O)CN=[N+]=[N-])C(=O)N[C@@H](CCCNC(N)=O)C(=O)Nc1ccc(COC(=O)N(C)CCN(C)C(=O)O[C@@H]2[C@@H]3OP(=O)(S)OC[C@H]4O[C@@H](n5cnc6c(NC(=O)c7ccccc7)ncnc65)[C@H](F)[C@@H]4OP(O)(=S)OC[C@H]3O[C@H]2n2cnc3c(NC(=O)c4ccccc4)ncnc32)cc1. The lowest BCUT2D eigenvalue weighted by atomic mass is 10.0. The summed E-state index contributed by atoms with van der Waals surface area (Å²) in [6.07, 6.45) is -10.7. The number of carbonyl (C=O) groups is 8. The van der Waals surface area contributed by atoms with Gasteiger partial charge in [-0.1, -0.05) is 79.7 Å². The molecule has 9 amide bonds. The average Bonchev–Trinajstić information content (AvgIpc) is 1.61. The number of halogens is 1. The minimum Gasteiger partial charge on any atom is -0.445 e. The van der Waals surface area contributed by atoms with Crippen molar-refractivity contribution < 1.29 is 89.2 Å². The number of ether oxygens (including phenoxy) is 4. The number of primary amides is 1. The molecule has 3 aliphatic heterocycles. The maximum atomic E-state index is 17.0. The summed E-state index contributed by atoms with van der Waals surface area (Å²) < 4.78 is 82.2. The van der Waals surface area contributed by atoms with E-state index < -0.39 is 148 Å². The maximum absolute atomic E-state index is 17.0. The zero-order chi connectivity index (χ0) is 73.7. The van der Waals surface area contributed by atoms with E-state index in [9.17, 15) is 47.8 Å². The van der Waals surface area contributed by atoms with Crippen molar-refractivity contribution >= 4 is 125 Å². The number of azide groups is 1. The van der Waals surface area contributed by atoms with Gasteiger partial charge in [-0.05, 0) is 78.1 Å². The Morgan fingerprint density at radius 1 is 0.767 bits per heavy atom. The van der Waals surface area contributed by atoms with E-state index in [2.05, 4.69) is 84.1 Å². The number of carbonyl (C=O) groups excluding carboxylic acids is 8. The third-order valence-electron chi connectivity index (χ3n) is 16.0. The number of nitrogens with two attached hydrogens (primary N) is 1. The number of amides is 9. The predicted octanol–water partition coefficient (Wildman–Crippen LogP) is 5.40. The molecular formula is C60H69FN20O18P2S2. The molecule has 3 fully saturated rings. The molecule has 0 spiro atoms. The van der Waals surface area contributed by atoms with Crippen LogP contribution in [0.1, 0.15) is 65.4 Å². The molecule has 3 aliphatic rings. The molecule has 0 radical (unpaired) electrons. The molecule has 3 saturated heterocycles. The molecule has 546 valence electrons. The first-order valence-electron chi connectivity index (χ1n) is 31.4. The standard InChI is InChI=1S/C60H69FN20O18P2S2/c1-32(2)42(74-40(82)24-71-77-63)55(86)73-37(16-11-21-64-58(62)87)54(85)72-36-19-17-33(18-20-36)25-92-59(88)78(3)22-23-79(4)60(89)97-47-46-39(96-57(47)81-31-70-44-49(66-29-68-51(44)81)76-53(84)35-14-9-6-10-15-35)27-94-100(90,102)98-45-38(26-93-101(91,103)99-46)95-56(41(45)61)80-30-69-43-48(65-28-67-50(43)80)75-52(83)34-12-7-5-8-13-34/h5-10,12-15,17-20,28-32,37-39,41-42,45-47,56-57H,11,16,21-27H2,1-4H3,(H,72,85)(H,73,86)(H,74,82)(H,90,102)(H,91,103)(H3,62,64,87)(H,65,67,75,83)(H,66,68,76,84)/t37-,38+,39+,41+,42-,45+,46+,47+,56+,57+,100?,101?/m0/s1. The van der Waals surface area contributed by atoms with Crippen molar-refractivity contribution in [1.82, 2.24) is 64.8 Å². The van der Waals surface area contributed by atoms with Crippen molar-refractivity contribution in [1.29, 1.82) is 0 Å². The topological polar surface area (TPSA) is 488 Å². The molecule has 4 aromatic heterocycles. The Balaban J connectivity index is 0.813. The van der Waals surface area contributed by atoms with Gasteiger partial charge in [0.1, 0.15) is 62.3 Å². The number of fused-ring (bicyclic) bond motifs is 4. The van der Waals surface area contributed by atoms with Gasteiger partial charge in [-0.3, -0.25) is 46.7 Å². The molecule has 2 unspecified atom stereocenters. The summed E-state index contributed by atoms with van der Waals surface area (Å²) in [6.45, 7) is -8.72. The van der Waals surface area contributed by atoms with Gasteiger partial charge in [0, 0.05) is 55.5 Å². The fraction of sp³-hybridized carbons (Fsp3) is 0.400. The number of thiol groups is 1. The molecule has 103 heavy (non-hydrogen) atoms. The Kier molecular flexibility index (Phi) is 25.0. The van der Waals surface area contributed by atoms with E-state index in [0.717, 1.165) is 22.5 Å². The van der Waals surface area contributed by atoms with Crippen LogP contribution in [0.15, 0.2) is 115 Å². The predicted molar refractivity (Wildman–Crippen MR) is 367 cm³/mol. The van der Waals surface area contributed by atoms with Crippen LogP contribution in [0.2, 0.25) is 0 Å². The van der Waals surface area contributed by atoms with Crippen molar-refractivity contribution in [3.63, 3.8) is 0 Å². The van der Waals surface area contributed by atoms with Crippen LogP contribution < -0.4 is 37.6 Å². The molecule has 43 heteroatoms. The molecule has 0 saturated carbocycles. The Bertz CT molecular complexity index is 4420. The number of aromatic nitrogens is 8. The smallest absolute Gasteiger partial charge is 0.410 e. The van der Waals surface area contributed by atoms with E-state index in [1.165, 1.54) is 48.0 Å². The third kappa shape index (κ3) is 19.3. The van der Waals surface area contributed by atoms with Gasteiger partial charge in [0.2, 0.25) is 17.7 Å². The highest BCUT2D eigenvalue weighted by Crippen LogP contribution is 2.59. The summed E-state index contributed by atoms with van der Waals surface area (Å²) >= 11 is 9.77. The van der Waals surface area contributed by atoms with Crippen LogP contribution in [0.3, 0.4) is 0 Å². The minimum atomic E-state index is -4.76. The molecule has 12 atom stereocenters. The highest BCUT2D eigenvalue weighted by molar-refractivity contribution is 8.44. The van der Waals surface area contributed by atoms with E-state index in [1.807, 2.05) is 0 Å². The van der Waals surface area contributed by atoms with Crippen molar-refractivity contribution in [2.75, 3.05) is 69.4 Å². The summed E-state index contributed by atoms with van der Waals surface area (Å²) in [5, 5.41) is 18.9. The van der Waals surface area contributed by atoms with Crippen LogP contribution >= 0.6 is 25.8 Å². The second-order valence-corrected chi connectivity index (χ2v) is 29.2. The second kappa shape index (κ2) is 33.9. The Morgan fingerprint density at radius 3 is 1.91 bits per heavy atom. The monoisotopic (exact) mass is 1500 g/mol. The van der Waals surface area contributed by atoms with Crippen molar-refractivity contribution in [2.45, 2.75) is 94.5 Å². The van der Waals surface area contributed by atoms with Crippen LogP contribution in [0.4, 0.5) is 36.1 Å². The fourth-order valence-electron chi connectivity index (χ4n) is 10.8. The third-order valence-corrected chi connectivity index (χ3v) is 19.2. The number of nitrogens with one attached hydrogen (secondary N) is 6. The quantitative estimate of drug-likeness (QED) is 0.00912. The van der Waals surface area contributed by atoms with Crippen LogP contribution in [-0.2, 0) is 74.4 Å². The van der Waals surface area contributed by atoms with E-state index in [1.54, 1.807) is 86.6 Å². The average molecular weight is 1500 g/mol. The number of likely N-dealkylation sites (N-methyl/N-ethyl adjacent to an activating group) is 2. The number of rotatable bonds is 24. The number of nitrogens with zero attached hydrogens (tertiary/aromatic N) is 13. The zero-order valence-corrected chi connectivity index (χ0v) is 58.5. The lowest BCUT2D eigenvalue weighted by Gasteiger charge is -2.30. The first-order chi connectivity index (χ1) is 49.3. The number of alkyl halides is 1. The molecule has 0 bridgehead atoms. The van der Waals surface area contributed by atoms with Gasteiger partial charge in [0.15, 0.2) is 58.7 Å². The van der Waals surface area contributed by atoms with Crippen molar-refractivity contribution in [2.24, 2.45) is 16.8 Å². The molecular weight excluding hydrogens is 1430 g/mol. The molecule has 3 aromatic carbocycles. The van der Waals surface area contributed by atoms with Crippen molar-refractivity contribution in [3.8, 4) is 0 Å². The van der Waals surface area contributed by atoms with Crippen LogP contribution in [0.25, 0.3) is 32.8 Å². The second-order valence-electron chi connectivity index (χ2n) is 23.6. The number of hydrogen-bond acceptors (Lipinski definition) is 25. The summed E-state index contributed by atoms with van der Waals surface area (Å²) in [5.74, 6) is -3.62. The van der Waals surface area contributed by atoms with Gasteiger partial charge in [-0.2, -0.15) is 0 Å². The van der Waals surface area contributed by atoms with Gasteiger partial charge in [-0.25, -0.2) is 53.2 Å². The summed E-state index contributed by atoms with van der Waals surface area (Å²) in [7, 11) is 2.74. The number of benzene rings is 3. The molecule has 10 rings (SSSR count). The first kappa shape index (κ1) is 75.8. The van der Waals surface area contributed by atoms with Gasteiger partial charge >= 0.3 is 31.7 Å². The number of anilines is 3. The highest BCUT2D eigenvalue weighted by Gasteiger charge is 2.55. The van der Waals surface area contributed by atoms with E-state index in [-0.39, 0.29) is 84.3 Å². The Hall–Kier alpha value is -9.89. The van der Waals surface area contributed by atoms with E-state index in [4.69, 9.17) is 60.1 Å². The van der Waals surface area contributed by atoms with E-state index >= 15 is 4.39 Å². The molecule has 0 aliphatic carbocycles. The normalized spacial score (nSPS) is 23.0. The molecule has 7 heterocycles. The number of hydrogen-bond donors (Lipinski definition) is 9. The van der Waals surface area contributed by atoms with Crippen molar-refractivity contribution in [3.05, 3.63) is 137 Å². The maximum Gasteiger partial charge on any atom is 0.410 e. The lowest BCUT2D eigenvalue weighted by Crippen LogP contribution is -2.55. The van der Waals surface area contributed by atoms with Crippen LogP contribution in [-0.4, -0.2) is 204 Å². The molecule has 9 N–H and O–H groups in total. The summed E-state index contributed by atoms with van der Waals surface area (Å²) in [4.78, 5) is 147. The summed E-state index contributed by atoms with van der Waals surface area (Å²) in [6, 6.07) is 19.6. The van der Waals surface area contributed by atoms with Crippen LogP contribution in [0, 0.1) is 5.92 Å². The zero-order valence-electron chi connectivity index (χ0n) is 55.0.